The Balaban J connectivity index is 1.42. The minimum absolute atomic E-state index is 0.149. The Morgan fingerprint density at radius 3 is 2.40 bits per heavy atom. The lowest BCUT2D eigenvalue weighted by Crippen LogP contribution is -2.39. The molecule has 0 saturated carbocycles. The van der Waals surface area contributed by atoms with Gasteiger partial charge in [-0.15, -0.1) is 11.8 Å². The molecule has 132 valence electrons. The fourth-order valence-electron chi connectivity index (χ4n) is 3.14. The van der Waals surface area contributed by atoms with Crippen LogP contribution in [0.4, 0.5) is 0 Å². The Morgan fingerprint density at radius 1 is 1.08 bits per heavy atom. The SMILES string of the molecule is CSc1ccc(C(=O)N2CCC(COCc3ccccc3)CC2)cc1. The van der Waals surface area contributed by atoms with E-state index in [0.717, 1.165) is 38.1 Å². The van der Waals surface area contributed by atoms with E-state index in [4.69, 9.17) is 4.74 Å². The van der Waals surface area contributed by atoms with E-state index in [-0.39, 0.29) is 5.91 Å². The van der Waals surface area contributed by atoms with Crippen LogP contribution in [-0.4, -0.2) is 36.8 Å². The zero-order valence-electron chi connectivity index (χ0n) is 14.7. The number of benzene rings is 2. The summed E-state index contributed by atoms with van der Waals surface area (Å²) in [7, 11) is 0. The molecule has 1 fully saturated rings. The number of piperidine rings is 1. The molecule has 2 aromatic rings. The van der Waals surface area contributed by atoms with E-state index in [1.54, 1.807) is 11.8 Å². The van der Waals surface area contributed by atoms with Gasteiger partial charge in [0.2, 0.25) is 0 Å². The third-order valence-corrected chi connectivity index (χ3v) is 5.45. The van der Waals surface area contributed by atoms with Crippen molar-refractivity contribution in [1.29, 1.82) is 0 Å². The van der Waals surface area contributed by atoms with E-state index in [9.17, 15) is 4.79 Å². The Hall–Kier alpha value is -1.78. The van der Waals surface area contributed by atoms with Crippen molar-refractivity contribution in [1.82, 2.24) is 4.90 Å². The van der Waals surface area contributed by atoms with Crippen molar-refractivity contribution >= 4 is 17.7 Å². The molecule has 0 N–H and O–H groups in total. The quantitative estimate of drug-likeness (QED) is 0.716. The van der Waals surface area contributed by atoms with Gasteiger partial charge in [-0.05, 0) is 54.8 Å². The molecule has 3 nitrogen and oxygen atoms in total. The van der Waals surface area contributed by atoms with E-state index in [1.807, 2.05) is 53.6 Å². The number of hydrogen-bond donors (Lipinski definition) is 0. The van der Waals surface area contributed by atoms with Gasteiger partial charge in [0.25, 0.3) is 5.91 Å². The summed E-state index contributed by atoms with van der Waals surface area (Å²) < 4.78 is 5.86. The lowest BCUT2D eigenvalue weighted by atomic mass is 9.97. The number of amides is 1. The van der Waals surface area contributed by atoms with Crippen LogP contribution in [0.2, 0.25) is 0 Å². The number of likely N-dealkylation sites (tertiary alicyclic amines) is 1. The number of carbonyl (C=O) groups excluding carboxylic acids is 1. The van der Waals surface area contributed by atoms with Gasteiger partial charge in [0.1, 0.15) is 0 Å². The normalized spacial score (nSPS) is 15.3. The number of nitrogens with zero attached hydrogens (tertiary/aromatic N) is 1. The average Bonchev–Trinajstić information content (AvgIpc) is 2.69. The Morgan fingerprint density at radius 2 is 1.76 bits per heavy atom. The van der Waals surface area contributed by atoms with Gasteiger partial charge in [0.05, 0.1) is 6.61 Å². The molecule has 1 heterocycles. The largest absolute Gasteiger partial charge is 0.376 e. The van der Waals surface area contributed by atoms with Crippen LogP contribution in [0, 0.1) is 5.92 Å². The molecular formula is C21H25NO2S. The van der Waals surface area contributed by atoms with Crippen molar-refractivity contribution in [3.05, 3.63) is 65.7 Å². The highest BCUT2D eigenvalue weighted by molar-refractivity contribution is 7.98. The summed E-state index contributed by atoms with van der Waals surface area (Å²) in [6.45, 7) is 3.09. The molecule has 0 bridgehead atoms. The molecule has 1 aliphatic rings. The molecule has 1 amide bonds. The van der Waals surface area contributed by atoms with E-state index < -0.39 is 0 Å². The van der Waals surface area contributed by atoms with Gasteiger partial charge >= 0.3 is 0 Å². The first-order valence-corrected chi connectivity index (χ1v) is 10.0. The second-order valence-corrected chi connectivity index (χ2v) is 7.34. The molecule has 0 unspecified atom stereocenters. The summed E-state index contributed by atoms with van der Waals surface area (Å²) in [5.41, 5.74) is 2.00. The summed E-state index contributed by atoms with van der Waals surface area (Å²) >= 11 is 1.69. The highest BCUT2D eigenvalue weighted by atomic mass is 32.2. The molecule has 0 aromatic heterocycles. The number of rotatable bonds is 6. The minimum atomic E-state index is 0.149. The molecular weight excluding hydrogens is 330 g/mol. The van der Waals surface area contributed by atoms with Gasteiger partial charge in [-0.25, -0.2) is 0 Å². The Bertz CT molecular complexity index is 664. The number of thioether (sulfide) groups is 1. The van der Waals surface area contributed by atoms with Crippen LogP contribution in [0.25, 0.3) is 0 Å². The summed E-state index contributed by atoms with van der Waals surface area (Å²) in [4.78, 5) is 15.8. The fourth-order valence-corrected chi connectivity index (χ4v) is 3.54. The third-order valence-electron chi connectivity index (χ3n) is 4.70. The first-order chi connectivity index (χ1) is 12.3. The highest BCUT2D eigenvalue weighted by Gasteiger charge is 2.23. The third kappa shape index (κ3) is 5.10. The minimum Gasteiger partial charge on any atom is -0.376 e. The second kappa shape index (κ2) is 9.07. The monoisotopic (exact) mass is 355 g/mol. The molecule has 0 aliphatic carbocycles. The van der Waals surface area contributed by atoms with Crippen LogP contribution < -0.4 is 0 Å². The molecule has 3 rings (SSSR count). The fraction of sp³-hybridized carbons (Fsp3) is 0.381. The first-order valence-electron chi connectivity index (χ1n) is 8.81. The standard InChI is InChI=1S/C21H25NO2S/c1-25-20-9-7-19(8-10-20)21(23)22-13-11-18(12-14-22)16-24-15-17-5-3-2-4-6-17/h2-10,18H,11-16H2,1H3. The molecule has 2 aromatic carbocycles. The predicted octanol–water partition coefficient (Wildman–Crippen LogP) is 4.48. The zero-order chi connectivity index (χ0) is 17.5. The van der Waals surface area contributed by atoms with Gasteiger partial charge in [0.15, 0.2) is 0 Å². The van der Waals surface area contributed by atoms with Gasteiger partial charge in [-0.3, -0.25) is 4.79 Å². The Labute approximate surface area is 154 Å². The number of carbonyl (C=O) groups is 1. The lowest BCUT2D eigenvalue weighted by molar-refractivity contribution is 0.0478. The molecule has 25 heavy (non-hydrogen) atoms. The number of hydrogen-bond acceptors (Lipinski definition) is 3. The predicted molar refractivity (Wildman–Crippen MR) is 103 cm³/mol. The summed E-state index contributed by atoms with van der Waals surface area (Å²) in [6, 6.07) is 18.2. The first kappa shape index (κ1) is 18.0. The molecule has 0 radical (unpaired) electrons. The van der Waals surface area contributed by atoms with Crippen LogP contribution in [0.1, 0.15) is 28.8 Å². The number of ether oxygens (including phenoxy) is 1. The Kier molecular flexibility index (Phi) is 6.54. The van der Waals surface area contributed by atoms with Gasteiger partial charge in [-0.2, -0.15) is 0 Å². The van der Waals surface area contributed by atoms with Crippen molar-refractivity contribution in [2.24, 2.45) is 5.92 Å². The average molecular weight is 356 g/mol. The second-order valence-electron chi connectivity index (χ2n) is 6.46. The van der Waals surface area contributed by atoms with Crippen LogP contribution in [0.15, 0.2) is 59.5 Å². The van der Waals surface area contributed by atoms with Gasteiger partial charge in [0, 0.05) is 30.2 Å². The summed E-state index contributed by atoms with van der Waals surface area (Å²) in [5, 5.41) is 0. The van der Waals surface area contributed by atoms with Gasteiger partial charge in [-0.1, -0.05) is 30.3 Å². The molecule has 4 heteroatoms. The summed E-state index contributed by atoms with van der Waals surface area (Å²) in [6.07, 6.45) is 4.08. The van der Waals surface area contributed by atoms with Crippen molar-refractivity contribution in [3.63, 3.8) is 0 Å². The molecule has 1 saturated heterocycles. The van der Waals surface area contributed by atoms with Gasteiger partial charge < -0.3 is 9.64 Å². The van der Waals surface area contributed by atoms with E-state index in [0.29, 0.717) is 12.5 Å². The van der Waals surface area contributed by atoms with Crippen molar-refractivity contribution in [2.45, 2.75) is 24.3 Å². The van der Waals surface area contributed by atoms with Crippen molar-refractivity contribution < 1.29 is 9.53 Å². The van der Waals surface area contributed by atoms with Crippen LogP contribution in [0.5, 0.6) is 0 Å². The van der Waals surface area contributed by atoms with Crippen molar-refractivity contribution in [3.8, 4) is 0 Å². The molecule has 1 aliphatic heterocycles. The topological polar surface area (TPSA) is 29.5 Å². The van der Waals surface area contributed by atoms with Crippen LogP contribution in [0.3, 0.4) is 0 Å². The zero-order valence-corrected chi connectivity index (χ0v) is 15.5. The maximum atomic E-state index is 12.6. The summed E-state index contributed by atoms with van der Waals surface area (Å²) in [5.74, 6) is 0.697. The van der Waals surface area contributed by atoms with Crippen LogP contribution in [-0.2, 0) is 11.3 Å². The van der Waals surface area contributed by atoms with Crippen LogP contribution >= 0.6 is 11.8 Å². The molecule has 0 atom stereocenters. The lowest BCUT2D eigenvalue weighted by Gasteiger charge is -2.32. The van der Waals surface area contributed by atoms with E-state index >= 15 is 0 Å². The highest BCUT2D eigenvalue weighted by Crippen LogP contribution is 2.21. The van der Waals surface area contributed by atoms with E-state index in [2.05, 4.69) is 12.1 Å². The smallest absolute Gasteiger partial charge is 0.253 e. The maximum absolute atomic E-state index is 12.6. The molecule has 0 spiro atoms. The van der Waals surface area contributed by atoms with E-state index in [1.165, 1.54) is 10.5 Å². The van der Waals surface area contributed by atoms with Crippen molar-refractivity contribution in [2.75, 3.05) is 26.0 Å². The maximum Gasteiger partial charge on any atom is 0.253 e.